The van der Waals surface area contributed by atoms with Crippen LogP contribution in [0.15, 0.2) is 12.1 Å². The minimum atomic E-state index is -0.584. The molecule has 0 radical (unpaired) electrons. The minimum Gasteiger partial charge on any atom is -0.479 e. The molecule has 0 aliphatic carbocycles. The number of nitrogens with zero attached hydrogens (tertiary/aromatic N) is 3. The van der Waals surface area contributed by atoms with Crippen molar-refractivity contribution in [1.82, 2.24) is 9.80 Å². The highest BCUT2D eigenvalue weighted by Crippen LogP contribution is 2.38. The van der Waals surface area contributed by atoms with E-state index in [1.54, 1.807) is 23.8 Å². The molecule has 3 rings (SSSR count). The lowest BCUT2D eigenvalue weighted by Gasteiger charge is -2.42. The van der Waals surface area contributed by atoms with Crippen molar-refractivity contribution in [2.45, 2.75) is 104 Å². The number of hydrogen-bond acceptors (Lipinski definition) is 6. The zero-order valence-electron chi connectivity index (χ0n) is 25.0. The Morgan fingerprint density at radius 2 is 1.92 bits per heavy atom. The van der Waals surface area contributed by atoms with Crippen molar-refractivity contribution in [2.75, 3.05) is 38.3 Å². The number of ether oxygens (including phenoxy) is 3. The van der Waals surface area contributed by atoms with Gasteiger partial charge in [0.2, 0.25) is 0 Å². The number of aryl methyl sites for hydroxylation is 1. The molecule has 218 valence electrons. The predicted molar refractivity (Wildman–Crippen MR) is 152 cm³/mol. The lowest BCUT2D eigenvalue weighted by atomic mass is 9.97. The van der Waals surface area contributed by atoms with Crippen LogP contribution in [0.2, 0.25) is 0 Å². The molecule has 0 saturated carbocycles. The first-order chi connectivity index (χ1) is 18.4. The van der Waals surface area contributed by atoms with E-state index in [2.05, 4.69) is 0 Å². The summed E-state index contributed by atoms with van der Waals surface area (Å²) in [5, 5.41) is 0. The Morgan fingerprint density at radius 1 is 1.21 bits per heavy atom. The van der Waals surface area contributed by atoms with Gasteiger partial charge in [0.25, 0.3) is 11.8 Å². The highest BCUT2D eigenvalue weighted by atomic mass is 16.6. The number of benzene rings is 1. The maximum absolute atomic E-state index is 14.2. The molecule has 0 unspecified atom stereocenters. The van der Waals surface area contributed by atoms with Gasteiger partial charge in [0.05, 0.1) is 11.7 Å². The number of hydrogen-bond donors (Lipinski definition) is 0. The molecular formula is C30H47N3O6. The van der Waals surface area contributed by atoms with E-state index in [0.29, 0.717) is 49.7 Å². The topological polar surface area (TPSA) is 88.6 Å². The monoisotopic (exact) mass is 545 g/mol. The molecule has 1 fully saturated rings. The van der Waals surface area contributed by atoms with Gasteiger partial charge in [0, 0.05) is 45.0 Å². The molecule has 9 nitrogen and oxygen atoms in total. The highest BCUT2D eigenvalue weighted by Gasteiger charge is 2.37. The van der Waals surface area contributed by atoms with Crippen molar-refractivity contribution in [2.24, 2.45) is 0 Å². The fourth-order valence-electron chi connectivity index (χ4n) is 5.37. The molecule has 2 heterocycles. The van der Waals surface area contributed by atoms with Gasteiger partial charge in [-0.15, -0.1) is 0 Å². The largest absolute Gasteiger partial charge is 0.479 e. The van der Waals surface area contributed by atoms with Crippen LogP contribution in [0.5, 0.6) is 5.75 Å². The number of likely N-dealkylation sites (tertiary alicyclic amines) is 1. The van der Waals surface area contributed by atoms with Gasteiger partial charge >= 0.3 is 6.09 Å². The molecule has 3 amide bonds. The number of methoxy groups -OCH3 is 1. The van der Waals surface area contributed by atoms with Crippen molar-refractivity contribution < 1.29 is 28.6 Å². The summed E-state index contributed by atoms with van der Waals surface area (Å²) >= 11 is 0. The predicted octanol–water partition coefficient (Wildman–Crippen LogP) is 5.04. The maximum atomic E-state index is 14.2. The van der Waals surface area contributed by atoms with Crippen LogP contribution in [-0.2, 0) is 20.7 Å². The second kappa shape index (κ2) is 13.0. The van der Waals surface area contributed by atoms with Crippen LogP contribution in [0.4, 0.5) is 10.5 Å². The molecule has 0 spiro atoms. The maximum Gasteiger partial charge on any atom is 0.410 e. The van der Waals surface area contributed by atoms with Crippen molar-refractivity contribution in [3.8, 4) is 5.75 Å². The number of fused-ring (bicyclic) bond motifs is 1. The van der Waals surface area contributed by atoms with Gasteiger partial charge in [-0.25, -0.2) is 4.79 Å². The van der Waals surface area contributed by atoms with Crippen molar-refractivity contribution in [3.63, 3.8) is 0 Å². The molecule has 1 aromatic carbocycles. The van der Waals surface area contributed by atoms with Crippen LogP contribution < -0.4 is 9.64 Å². The van der Waals surface area contributed by atoms with Gasteiger partial charge in [-0.2, -0.15) is 0 Å². The van der Waals surface area contributed by atoms with E-state index in [1.807, 2.05) is 58.6 Å². The number of piperidine rings is 1. The summed E-state index contributed by atoms with van der Waals surface area (Å²) in [5.41, 5.74) is 1.51. The number of anilines is 1. The average molecular weight is 546 g/mol. The lowest BCUT2D eigenvalue weighted by Crippen LogP contribution is -2.54. The smallest absolute Gasteiger partial charge is 0.410 e. The quantitative estimate of drug-likeness (QED) is 0.404. The summed E-state index contributed by atoms with van der Waals surface area (Å²) in [7, 11) is 1.67. The van der Waals surface area contributed by atoms with E-state index < -0.39 is 11.7 Å². The zero-order valence-corrected chi connectivity index (χ0v) is 25.0. The van der Waals surface area contributed by atoms with Gasteiger partial charge in [-0.3, -0.25) is 9.59 Å². The standard InChI is InChI=1S/C30H47N3O6/c1-9-22-17-26-25(32(15-10-11-16-37-8)27(34)21(4)38-26)18-24(22)28(35)33(20(2)3)23-13-12-14-31(19-23)29(36)39-30(5,6)7/h17-18,20-21,23H,9-16,19H2,1-8H3/t21-,23-/m1/s1. The zero-order chi connectivity index (χ0) is 28.9. The summed E-state index contributed by atoms with van der Waals surface area (Å²) in [5.74, 6) is 0.432. The van der Waals surface area contributed by atoms with E-state index in [-0.39, 0.29) is 30.0 Å². The molecule has 39 heavy (non-hydrogen) atoms. The van der Waals surface area contributed by atoms with Crippen molar-refractivity contribution in [1.29, 1.82) is 0 Å². The summed E-state index contributed by atoms with van der Waals surface area (Å²) in [6, 6.07) is 3.54. The van der Waals surface area contributed by atoms with E-state index >= 15 is 0 Å². The van der Waals surface area contributed by atoms with Gasteiger partial charge in [-0.1, -0.05) is 6.92 Å². The summed E-state index contributed by atoms with van der Waals surface area (Å²) in [4.78, 5) is 45.5. The van der Waals surface area contributed by atoms with E-state index in [4.69, 9.17) is 14.2 Å². The van der Waals surface area contributed by atoms with Crippen LogP contribution in [0.25, 0.3) is 0 Å². The Morgan fingerprint density at radius 3 is 2.54 bits per heavy atom. The first-order valence-corrected chi connectivity index (χ1v) is 14.3. The second-order valence-corrected chi connectivity index (χ2v) is 11.8. The number of unbranched alkanes of at least 4 members (excludes halogenated alkanes) is 1. The molecule has 0 N–H and O–H groups in total. The molecule has 1 aromatic rings. The van der Waals surface area contributed by atoms with Gasteiger partial charge in [0.15, 0.2) is 6.10 Å². The molecule has 2 atom stereocenters. The Hall–Kier alpha value is -2.81. The molecule has 1 saturated heterocycles. The first-order valence-electron chi connectivity index (χ1n) is 14.3. The van der Waals surface area contributed by atoms with E-state index in [0.717, 1.165) is 31.2 Å². The normalized spacial score (nSPS) is 19.6. The Kier molecular flexibility index (Phi) is 10.3. The SMILES string of the molecule is CCc1cc2c(cc1C(=O)N(C(C)C)[C@@H]1CCCN(C(=O)OC(C)(C)C)C1)N(CCCCOC)C(=O)[C@@H](C)O2. The molecular weight excluding hydrogens is 498 g/mol. The van der Waals surface area contributed by atoms with Crippen LogP contribution >= 0.6 is 0 Å². The van der Waals surface area contributed by atoms with Crippen LogP contribution in [-0.4, -0.2) is 84.8 Å². The third kappa shape index (κ3) is 7.44. The molecule has 2 aliphatic rings. The van der Waals surface area contributed by atoms with Crippen LogP contribution in [0.3, 0.4) is 0 Å². The lowest BCUT2D eigenvalue weighted by molar-refractivity contribution is -0.125. The highest BCUT2D eigenvalue weighted by molar-refractivity contribution is 6.03. The second-order valence-electron chi connectivity index (χ2n) is 11.8. The average Bonchev–Trinajstić information content (AvgIpc) is 2.87. The van der Waals surface area contributed by atoms with Crippen LogP contribution in [0, 0.1) is 0 Å². The summed E-state index contributed by atoms with van der Waals surface area (Å²) in [6.45, 7) is 15.6. The molecule has 9 heteroatoms. The van der Waals surface area contributed by atoms with Gasteiger partial charge in [-0.05, 0) is 91.3 Å². The van der Waals surface area contributed by atoms with Gasteiger partial charge in [0.1, 0.15) is 11.4 Å². The Labute approximate surface area is 233 Å². The van der Waals surface area contributed by atoms with Crippen molar-refractivity contribution in [3.05, 3.63) is 23.3 Å². The van der Waals surface area contributed by atoms with Crippen LogP contribution in [0.1, 0.15) is 90.1 Å². The fraction of sp³-hybridized carbons (Fsp3) is 0.700. The molecule has 0 bridgehead atoms. The van der Waals surface area contributed by atoms with E-state index in [9.17, 15) is 14.4 Å². The fourth-order valence-corrected chi connectivity index (χ4v) is 5.37. The Balaban J connectivity index is 1.92. The third-order valence-corrected chi connectivity index (χ3v) is 7.22. The molecule has 2 aliphatic heterocycles. The van der Waals surface area contributed by atoms with Crippen molar-refractivity contribution >= 4 is 23.6 Å². The number of rotatable bonds is 9. The van der Waals surface area contributed by atoms with Gasteiger partial charge < -0.3 is 28.9 Å². The number of carbonyl (C=O) groups is 3. The first kappa shape index (κ1) is 30.7. The third-order valence-electron chi connectivity index (χ3n) is 7.22. The van der Waals surface area contributed by atoms with E-state index in [1.165, 1.54) is 0 Å². The number of carbonyl (C=O) groups excluding carboxylic acids is 3. The molecule has 0 aromatic heterocycles. The Bertz CT molecular complexity index is 1030. The minimum absolute atomic E-state index is 0.0788. The summed E-state index contributed by atoms with van der Waals surface area (Å²) < 4.78 is 16.8. The number of amides is 3. The summed E-state index contributed by atoms with van der Waals surface area (Å²) in [6.07, 6.45) is 2.93.